The fourth-order valence-corrected chi connectivity index (χ4v) is 1.90. The second-order valence-electron chi connectivity index (χ2n) is 3.51. The van der Waals surface area contributed by atoms with Gasteiger partial charge in [0, 0.05) is 0 Å². The quantitative estimate of drug-likeness (QED) is 0.706. The zero-order chi connectivity index (χ0) is 14.6. The van der Waals surface area contributed by atoms with Crippen LogP contribution in [0.1, 0.15) is 22.0 Å². The Bertz CT molecular complexity index is 589. The van der Waals surface area contributed by atoms with E-state index in [0.29, 0.717) is 5.37 Å². The average molecular weight is 287 g/mol. The van der Waals surface area contributed by atoms with Crippen molar-refractivity contribution in [1.29, 1.82) is 0 Å². The van der Waals surface area contributed by atoms with E-state index in [1.807, 2.05) is 0 Å². The number of ether oxygens (including phenoxy) is 2. The minimum atomic E-state index is -2.53. The first-order chi connectivity index (χ1) is 8.90. The van der Waals surface area contributed by atoms with E-state index in [1.54, 1.807) is 0 Å². The lowest BCUT2D eigenvalue weighted by Crippen LogP contribution is -2.15. The van der Waals surface area contributed by atoms with Crippen molar-refractivity contribution < 1.29 is 27.8 Å². The maximum absolute atomic E-state index is 11.3. The lowest BCUT2D eigenvalue weighted by Gasteiger charge is -2.14. The predicted octanol–water partition coefficient (Wildman–Crippen LogP) is -0.483. The summed E-state index contributed by atoms with van der Waals surface area (Å²) in [5.74, 6) is -0.580. The molecule has 7 nitrogen and oxygen atoms in total. The van der Waals surface area contributed by atoms with Gasteiger partial charge in [-0.3, -0.25) is 4.79 Å². The SMILES string of the molecule is COc1cc(C(O)C=S(=O)=O)cc(OC)c1C(N)=O. The summed E-state index contributed by atoms with van der Waals surface area (Å²) in [4.78, 5) is 11.3. The van der Waals surface area contributed by atoms with Crippen molar-refractivity contribution >= 4 is 21.6 Å². The van der Waals surface area contributed by atoms with Crippen molar-refractivity contribution in [2.45, 2.75) is 6.10 Å². The van der Waals surface area contributed by atoms with Gasteiger partial charge in [-0.25, -0.2) is 0 Å². The van der Waals surface area contributed by atoms with Gasteiger partial charge in [0.25, 0.3) is 5.91 Å². The monoisotopic (exact) mass is 287 g/mol. The summed E-state index contributed by atoms with van der Waals surface area (Å²) in [5, 5.41) is 10.4. The van der Waals surface area contributed by atoms with Crippen LogP contribution >= 0.6 is 0 Å². The normalized spacial score (nSPS) is 11.5. The third-order valence-electron chi connectivity index (χ3n) is 2.36. The molecule has 0 saturated carbocycles. The highest BCUT2D eigenvalue weighted by Crippen LogP contribution is 2.32. The molecule has 0 heterocycles. The summed E-state index contributed by atoms with van der Waals surface area (Å²) >= 11 is 0. The summed E-state index contributed by atoms with van der Waals surface area (Å²) < 4.78 is 31.0. The number of primary amides is 1. The van der Waals surface area contributed by atoms with Gasteiger partial charge < -0.3 is 20.3 Å². The van der Waals surface area contributed by atoms with Crippen LogP contribution in [-0.2, 0) is 10.3 Å². The fourth-order valence-electron chi connectivity index (χ4n) is 1.53. The first-order valence-electron chi connectivity index (χ1n) is 5.07. The fraction of sp³-hybridized carbons (Fsp3) is 0.273. The van der Waals surface area contributed by atoms with Gasteiger partial charge in [-0.15, -0.1) is 0 Å². The van der Waals surface area contributed by atoms with Crippen LogP contribution in [0.3, 0.4) is 0 Å². The highest BCUT2D eigenvalue weighted by Gasteiger charge is 2.19. The second-order valence-corrected chi connectivity index (χ2v) is 4.30. The molecular formula is C11H13NO6S. The molecule has 1 aromatic carbocycles. The minimum absolute atomic E-state index is 0.0178. The van der Waals surface area contributed by atoms with Gasteiger partial charge in [-0.05, 0) is 17.7 Å². The summed E-state index contributed by atoms with van der Waals surface area (Å²) in [6.45, 7) is 0. The van der Waals surface area contributed by atoms with Crippen LogP contribution in [0.2, 0.25) is 0 Å². The Labute approximate surface area is 111 Å². The van der Waals surface area contributed by atoms with Crippen molar-refractivity contribution in [3.8, 4) is 11.5 Å². The van der Waals surface area contributed by atoms with Gasteiger partial charge in [-0.1, -0.05) is 0 Å². The molecule has 8 heteroatoms. The van der Waals surface area contributed by atoms with Crippen LogP contribution in [0.15, 0.2) is 12.1 Å². The summed E-state index contributed by atoms with van der Waals surface area (Å²) in [6.07, 6.45) is -1.37. The Hall–Kier alpha value is -2.06. The molecule has 1 amide bonds. The van der Waals surface area contributed by atoms with Gasteiger partial charge >= 0.3 is 0 Å². The van der Waals surface area contributed by atoms with E-state index >= 15 is 0 Å². The Morgan fingerprint density at radius 1 is 1.32 bits per heavy atom. The molecule has 0 fully saturated rings. The molecule has 0 aromatic heterocycles. The van der Waals surface area contributed by atoms with E-state index in [9.17, 15) is 18.3 Å². The molecule has 0 spiro atoms. The van der Waals surface area contributed by atoms with E-state index in [1.165, 1.54) is 26.4 Å². The lowest BCUT2D eigenvalue weighted by atomic mass is 10.0. The van der Waals surface area contributed by atoms with Crippen molar-refractivity contribution in [3.05, 3.63) is 23.3 Å². The molecule has 1 unspecified atom stereocenters. The molecule has 19 heavy (non-hydrogen) atoms. The van der Waals surface area contributed by atoms with Crippen LogP contribution in [0.25, 0.3) is 0 Å². The maximum atomic E-state index is 11.3. The summed E-state index contributed by atoms with van der Waals surface area (Å²) in [7, 11) is 0.0990. The Balaban J connectivity index is 3.47. The number of methoxy groups -OCH3 is 2. The molecule has 0 aliphatic rings. The average Bonchev–Trinajstić information content (AvgIpc) is 2.35. The number of aliphatic hydroxyl groups excluding tert-OH is 1. The maximum Gasteiger partial charge on any atom is 0.256 e. The number of hydrogen-bond acceptors (Lipinski definition) is 6. The van der Waals surface area contributed by atoms with Crippen LogP contribution in [0.4, 0.5) is 0 Å². The number of aliphatic hydroxyl groups is 1. The van der Waals surface area contributed by atoms with E-state index < -0.39 is 22.3 Å². The molecule has 104 valence electrons. The number of carbonyl (C=O) groups excluding carboxylic acids is 1. The molecule has 3 N–H and O–H groups in total. The van der Waals surface area contributed by atoms with Gasteiger partial charge in [0.1, 0.15) is 23.2 Å². The van der Waals surface area contributed by atoms with E-state index in [0.717, 1.165) is 0 Å². The number of rotatable bonds is 5. The molecule has 1 atom stereocenters. The molecular weight excluding hydrogens is 274 g/mol. The molecule has 0 bridgehead atoms. The Kier molecular flexibility index (Phi) is 4.90. The van der Waals surface area contributed by atoms with Gasteiger partial charge in [-0.2, -0.15) is 8.42 Å². The lowest BCUT2D eigenvalue weighted by molar-refractivity contribution is 0.0994. The molecule has 0 radical (unpaired) electrons. The van der Waals surface area contributed by atoms with Gasteiger partial charge in [0.15, 0.2) is 0 Å². The molecule has 0 saturated heterocycles. The van der Waals surface area contributed by atoms with E-state index in [2.05, 4.69) is 0 Å². The van der Waals surface area contributed by atoms with Crippen LogP contribution < -0.4 is 15.2 Å². The summed E-state index contributed by atoms with van der Waals surface area (Å²) in [5.41, 5.74) is 5.42. The number of hydrogen-bond donors (Lipinski definition) is 2. The molecule has 0 aliphatic carbocycles. The first kappa shape index (κ1) is 15.0. The van der Waals surface area contributed by atoms with Crippen molar-refractivity contribution in [2.75, 3.05) is 14.2 Å². The van der Waals surface area contributed by atoms with Crippen molar-refractivity contribution in [3.63, 3.8) is 0 Å². The zero-order valence-corrected chi connectivity index (χ0v) is 11.1. The topological polar surface area (TPSA) is 116 Å². The van der Waals surface area contributed by atoms with Crippen LogP contribution in [0, 0.1) is 0 Å². The zero-order valence-electron chi connectivity index (χ0n) is 10.3. The largest absolute Gasteiger partial charge is 0.496 e. The molecule has 0 aliphatic heterocycles. The molecule has 1 rings (SSSR count). The van der Waals surface area contributed by atoms with Crippen LogP contribution in [0.5, 0.6) is 11.5 Å². The highest BCUT2D eigenvalue weighted by molar-refractivity contribution is 7.71. The highest BCUT2D eigenvalue weighted by atomic mass is 32.2. The van der Waals surface area contributed by atoms with Crippen molar-refractivity contribution in [2.24, 2.45) is 5.73 Å². The van der Waals surface area contributed by atoms with Crippen molar-refractivity contribution in [1.82, 2.24) is 0 Å². The minimum Gasteiger partial charge on any atom is -0.496 e. The van der Waals surface area contributed by atoms with Gasteiger partial charge in [0.05, 0.1) is 19.6 Å². The second kappa shape index (κ2) is 6.21. The van der Waals surface area contributed by atoms with Crippen LogP contribution in [-0.4, -0.2) is 39.0 Å². The summed E-state index contributed by atoms with van der Waals surface area (Å²) in [6, 6.07) is 2.63. The Morgan fingerprint density at radius 2 is 1.79 bits per heavy atom. The third-order valence-corrected chi connectivity index (χ3v) is 2.84. The van der Waals surface area contributed by atoms with Gasteiger partial charge in [0.2, 0.25) is 10.3 Å². The smallest absolute Gasteiger partial charge is 0.256 e. The first-order valence-corrected chi connectivity index (χ1v) is 6.21. The third kappa shape index (κ3) is 3.46. The standard InChI is InChI=1S/C11H13NO6S/c1-17-8-3-6(7(13)5-19(15)16)4-9(18-2)10(8)11(12)14/h3-5,7,13H,1-2H3,(H2,12,14). The number of nitrogens with two attached hydrogens (primary N) is 1. The number of carbonyl (C=O) groups is 1. The molecule has 1 aromatic rings. The number of benzene rings is 1. The number of amides is 1. The Morgan fingerprint density at radius 3 is 2.11 bits per heavy atom. The predicted molar refractivity (Wildman–Crippen MR) is 68.0 cm³/mol. The van der Waals surface area contributed by atoms with E-state index in [4.69, 9.17) is 15.2 Å². The van der Waals surface area contributed by atoms with E-state index in [-0.39, 0.29) is 22.6 Å².